The van der Waals surface area contributed by atoms with Crippen molar-refractivity contribution in [3.63, 3.8) is 0 Å². The second kappa shape index (κ2) is 6.24. The monoisotopic (exact) mass is 192 g/mol. The van der Waals surface area contributed by atoms with Crippen LogP contribution in [0, 0.1) is 5.41 Å². The molecule has 0 rings (SSSR count). The predicted molar refractivity (Wildman–Crippen MR) is 60.0 cm³/mol. The average molecular weight is 192 g/mol. The molecule has 11 heavy (non-hydrogen) atoms. The number of rotatable bonds is 6. The van der Waals surface area contributed by atoms with E-state index in [2.05, 4.69) is 39.1 Å². The minimum atomic E-state index is 0.405. The summed E-state index contributed by atoms with van der Waals surface area (Å²) in [7, 11) is 0. The van der Waals surface area contributed by atoms with Crippen LogP contribution in [-0.2, 0) is 0 Å². The molecule has 0 radical (unpaired) electrons. The largest absolute Gasteiger partial charge is 0.179 e. The van der Waals surface area contributed by atoms with E-state index in [0.717, 1.165) is 11.5 Å². The van der Waals surface area contributed by atoms with E-state index < -0.39 is 0 Å². The fourth-order valence-corrected chi connectivity index (χ4v) is 2.32. The normalized spacial score (nSPS) is 12.0. The Kier molecular flexibility index (Phi) is 6.64. The molecule has 0 aromatic rings. The number of hydrogen-bond donors (Lipinski definition) is 2. The Bertz CT molecular complexity index is 79.3. The van der Waals surface area contributed by atoms with E-state index in [1.54, 1.807) is 0 Å². The van der Waals surface area contributed by atoms with Gasteiger partial charge in [-0.1, -0.05) is 26.7 Å². The van der Waals surface area contributed by atoms with E-state index in [1.807, 2.05) is 0 Å². The van der Waals surface area contributed by atoms with Gasteiger partial charge < -0.3 is 0 Å². The highest BCUT2D eigenvalue weighted by atomic mass is 32.1. The molecule has 2 heteroatoms. The fourth-order valence-electron chi connectivity index (χ4n) is 1.16. The minimum absolute atomic E-state index is 0.405. The third-order valence-corrected chi connectivity index (χ3v) is 3.82. The van der Waals surface area contributed by atoms with Crippen LogP contribution in [0.2, 0.25) is 0 Å². The molecule has 0 unspecified atom stereocenters. The first-order valence-corrected chi connectivity index (χ1v) is 5.73. The lowest BCUT2D eigenvalue weighted by molar-refractivity contribution is 0.330. The van der Waals surface area contributed by atoms with Crippen molar-refractivity contribution in [1.82, 2.24) is 0 Å². The summed E-state index contributed by atoms with van der Waals surface area (Å²) in [5, 5.41) is 0. The highest BCUT2D eigenvalue weighted by molar-refractivity contribution is 7.81. The summed E-state index contributed by atoms with van der Waals surface area (Å²) in [6.45, 7) is 4.47. The summed E-state index contributed by atoms with van der Waals surface area (Å²) in [4.78, 5) is 0. The lowest BCUT2D eigenvalue weighted by Crippen LogP contribution is -2.24. The highest BCUT2D eigenvalue weighted by Crippen LogP contribution is 2.31. The average Bonchev–Trinajstić information content (AvgIpc) is 2.08. The Morgan fingerprint density at radius 2 is 1.64 bits per heavy atom. The number of thiol groups is 2. The third-order valence-electron chi connectivity index (χ3n) is 2.48. The Morgan fingerprint density at radius 1 is 1.09 bits per heavy atom. The van der Waals surface area contributed by atoms with Crippen molar-refractivity contribution in [2.24, 2.45) is 5.41 Å². The molecule has 0 fully saturated rings. The van der Waals surface area contributed by atoms with Crippen molar-refractivity contribution in [3.05, 3.63) is 0 Å². The summed E-state index contributed by atoms with van der Waals surface area (Å²) in [5.74, 6) is 1.96. The van der Waals surface area contributed by atoms with Crippen molar-refractivity contribution in [3.8, 4) is 0 Å². The fraction of sp³-hybridized carbons (Fsp3) is 1.00. The summed E-state index contributed by atoms with van der Waals surface area (Å²) in [6, 6.07) is 0. The second-order valence-corrected chi connectivity index (χ2v) is 3.91. The van der Waals surface area contributed by atoms with E-state index in [1.165, 1.54) is 25.7 Å². The van der Waals surface area contributed by atoms with Crippen molar-refractivity contribution < 1.29 is 0 Å². The first-order valence-electron chi connectivity index (χ1n) is 4.46. The molecule has 0 nitrogen and oxygen atoms in total. The molecule has 0 saturated heterocycles. The van der Waals surface area contributed by atoms with Gasteiger partial charge in [0, 0.05) is 0 Å². The van der Waals surface area contributed by atoms with Crippen LogP contribution in [0.3, 0.4) is 0 Å². The van der Waals surface area contributed by atoms with Crippen LogP contribution >= 0.6 is 25.3 Å². The molecule has 0 heterocycles. The first kappa shape index (κ1) is 11.7. The van der Waals surface area contributed by atoms with E-state index in [4.69, 9.17) is 0 Å². The molecular weight excluding hydrogens is 172 g/mol. The summed E-state index contributed by atoms with van der Waals surface area (Å²) >= 11 is 8.77. The molecule has 0 saturated carbocycles. The summed E-state index contributed by atoms with van der Waals surface area (Å²) in [6.07, 6.45) is 5.09. The number of hydrogen-bond acceptors (Lipinski definition) is 2. The molecule has 0 aliphatic heterocycles. The predicted octanol–water partition coefficient (Wildman–Crippen LogP) is 3.43. The maximum absolute atomic E-state index is 4.39. The van der Waals surface area contributed by atoms with Crippen molar-refractivity contribution in [2.75, 3.05) is 11.5 Å². The topological polar surface area (TPSA) is 0 Å². The van der Waals surface area contributed by atoms with Crippen molar-refractivity contribution in [2.45, 2.75) is 39.5 Å². The lowest BCUT2D eigenvalue weighted by Gasteiger charge is -2.29. The van der Waals surface area contributed by atoms with Crippen LogP contribution in [0.25, 0.3) is 0 Å². The van der Waals surface area contributed by atoms with Gasteiger partial charge in [0.2, 0.25) is 0 Å². The zero-order valence-corrected chi connectivity index (χ0v) is 9.43. The van der Waals surface area contributed by atoms with Gasteiger partial charge in [-0.2, -0.15) is 25.3 Å². The van der Waals surface area contributed by atoms with E-state index in [-0.39, 0.29) is 0 Å². The SMILES string of the molecule is CCCCC(CC)(CS)CS. The molecule has 0 aliphatic carbocycles. The molecule has 0 bridgehead atoms. The molecule has 0 spiro atoms. The molecular formula is C9H20S2. The van der Waals surface area contributed by atoms with Gasteiger partial charge in [0.25, 0.3) is 0 Å². The summed E-state index contributed by atoms with van der Waals surface area (Å²) in [5.41, 5.74) is 0.405. The smallest absolute Gasteiger partial charge is 0.00335 e. The second-order valence-electron chi connectivity index (χ2n) is 3.27. The van der Waals surface area contributed by atoms with Crippen LogP contribution in [0.5, 0.6) is 0 Å². The van der Waals surface area contributed by atoms with Crippen LogP contribution in [0.1, 0.15) is 39.5 Å². The highest BCUT2D eigenvalue weighted by Gasteiger charge is 2.23. The first-order chi connectivity index (χ1) is 5.24. The van der Waals surface area contributed by atoms with Crippen LogP contribution in [-0.4, -0.2) is 11.5 Å². The van der Waals surface area contributed by atoms with Crippen molar-refractivity contribution in [1.29, 1.82) is 0 Å². The Balaban J connectivity index is 3.84. The van der Waals surface area contributed by atoms with Gasteiger partial charge >= 0.3 is 0 Å². The van der Waals surface area contributed by atoms with E-state index >= 15 is 0 Å². The van der Waals surface area contributed by atoms with Crippen molar-refractivity contribution >= 4 is 25.3 Å². The van der Waals surface area contributed by atoms with E-state index in [9.17, 15) is 0 Å². The Hall–Kier alpha value is 0.700. The molecule has 0 atom stereocenters. The maximum atomic E-state index is 4.39. The van der Waals surface area contributed by atoms with Gasteiger partial charge in [-0.15, -0.1) is 0 Å². The van der Waals surface area contributed by atoms with Gasteiger partial charge in [0.15, 0.2) is 0 Å². The minimum Gasteiger partial charge on any atom is -0.179 e. The molecule has 0 aromatic heterocycles. The zero-order chi connectivity index (χ0) is 8.74. The van der Waals surface area contributed by atoms with E-state index in [0.29, 0.717) is 5.41 Å². The third kappa shape index (κ3) is 3.75. The summed E-state index contributed by atoms with van der Waals surface area (Å²) < 4.78 is 0. The Morgan fingerprint density at radius 3 is 1.91 bits per heavy atom. The molecule has 0 aromatic carbocycles. The quantitative estimate of drug-likeness (QED) is 0.592. The molecule has 0 N–H and O–H groups in total. The Labute approximate surface area is 82.0 Å². The zero-order valence-electron chi connectivity index (χ0n) is 7.64. The van der Waals surface area contributed by atoms with Crippen LogP contribution in [0.15, 0.2) is 0 Å². The maximum Gasteiger partial charge on any atom is -0.00335 e. The van der Waals surface area contributed by atoms with Gasteiger partial charge in [0.1, 0.15) is 0 Å². The van der Waals surface area contributed by atoms with Crippen LogP contribution < -0.4 is 0 Å². The molecule has 68 valence electrons. The lowest BCUT2D eigenvalue weighted by atomic mass is 9.84. The standard InChI is InChI=1S/C9H20S2/c1-3-5-6-9(4-2,7-10)8-11/h10-11H,3-8H2,1-2H3. The van der Waals surface area contributed by atoms with Gasteiger partial charge in [0.05, 0.1) is 0 Å². The molecule has 0 aliphatic rings. The van der Waals surface area contributed by atoms with Crippen LogP contribution in [0.4, 0.5) is 0 Å². The number of unbranched alkanes of at least 4 members (excludes halogenated alkanes) is 1. The van der Waals surface area contributed by atoms with Gasteiger partial charge in [-0.05, 0) is 29.8 Å². The van der Waals surface area contributed by atoms with Gasteiger partial charge in [-0.3, -0.25) is 0 Å². The van der Waals surface area contributed by atoms with Gasteiger partial charge in [-0.25, -0.2) is 0 Å². The molecule has 0 amide bonds.